The summed E-state index contributed by atoms with van der Waals surface area (Å²) in [6.07, 6.45) is 8.60. The lowest BCUT2D eigenvalue weighted by molar-refractivity contribution is 0.302. The summed E-state index contributed by atoms with van der Waals surface area (Å²) in [5.74, 6) is 6.31. The van der Waals surface area contributed by atoms with Crippen LogP contribution >= 0.6 is 0 Å². The third-order valence-corrected chi connectivity index (χ3v) is 5.98. The standard InChI is InChI=1S/C26H30F2/c1-3-5-19-7-9-20(10-8-19)11-12-21-13-15-22(16-14-21)24-18-17-23(6-4-2)25(27)26(24)28/h13-20H,4,6-12H2,1-2H3/t19-,20-. The molecule has 1 fully saturated rings. The van der Waals surface area contributed by atoms with E-state index in [1.165, 1.54) is 37.7 Å². The summed E-state index contributed by atoms with van der Waals surface area (Å²) < 4.78 is 28.7. The van der Waals surface area contributed by atoms with Crippen LogP contribution < -0.4 is 0 Å². The van der Waals surface area contributed by atoms with Crippen LogP contribution in [0.3, 0.4) is 0 Å². The highest BCUT2D eigenvalue weighted by atomic mass is 19.2. The minimum atomic E-state index is -0.731. The maximum absolute atomic E-state index is 14.5. The van der Waals surface area contributed by atoms with Crippen molar-refractivity contribution in [3.63, 3.8) is 0 Å². The van der Waals surface area contributed by atoms with Gasteiger partial charge in [0.2, 0.25) is 0 Å². The molecule has 2 aromatic rings. The van der Waals surface area contributed by atoms with Gasteiger partial charge in [-0.2, -0.15) is 0 Å². The van der Waals surface area contributed by atoms with Crippen LogP contribution in [0, 0.1) is 35.3 Å². The molecule has 0 bridgehead atoms. The number of aryl methyl sites for hydroxylation is 2. The first kappa shape index (κ1) is 20.6. The van der Waals surface area contributed by atoms with Gasteiger partial charge in [-0.1, -0.05) is 49.7 Å². The minimum Gasteiger partial charge on any atom is -0.203 e. The lowest BCUT2D eigenvalue weighted by atomic mass is 9.80. The Morgan fingerprint density at radius 1 is 0.893 bits per heavy atom. The molecule has 3 rings (SSSR count). The second kappa shape index (κ2) is 9.87. The normalized spacial score (nSPS) is 19.1. The van der Waals surface area contributed by atoms with Crippen LogP contribution in [0.2, 0.25) is 0 Å². The Morgan fingerprint density at radius 3 is 2.25 bits per heavy atom. The van der Waals surface area contributed by atoms with Crippen molar-refractivity contribution in [1.82, 2.24) is 0 Å². The highest BCUT2D eigenvalue weighted by Gasteiger charge is 2.19. The Morgan fingerprint density at radius 2 is 1.61 bits per heavy atom. The van der Waals surface area contributed by atoms with Gasteiger partial charge in [0.25, 0.3) is 0 Å². The SMILES string of the molecule is CC#C[C@H]1CC[C@H](CCc2ccc(-c3ccc(CCC)c(F)c3F)cc2)CC1. The van der Waals surface area contributed by atoms with E-state index in [1.54, 1.807) is 12.1 Å². The number of benzene rings is 2. The van der Waals surface area contributed by atoms with Crippen molar-refractivity contribution in [3.8, 4) is 23.0 Å². The molecule has 0 amide bonds. The summed E-state index contributed by atoms with van der Waals surface area (Å²) >= 11 is 0. The average Bonchev–Trinajstić information content (AvgIpc) is 2.72. The van der Waals surface area contributed by atoms with Gasteiger partial charge in [0, 0.05) is 11.5 Å². The zero-order chi connectivity index (χ0) is 19.9. The molecule has 0 nitrogen and oxygen atoms in total. The van der Waals surface area contributed by atoms with Crippen molar-refractivity contribution in [2.24, 2.45) is 11.8 Å². The Labute approximate surface area is 168 Å². The van der Waals surface area contributed by atoms with Crippen molar-refractivity contribution in [2.45, 2.75) is 65.2 Å². The summed E-state index contributed by atoms with van der Waals surface area (Å²) in [6, 6.07) is 11.4. The second-order valence-electron chi connectivity index (χ2n) is 8.00. The maximum atomic E-state index is 14.5. The molecular weight excluding hydrogens is 350 g/mol. The van der Waals surface area contributed by atoms with Gasteiger partial charge in [0.15, 0.2) is 11.6 Å². The molecule has 0 heterocycles. The molecule has 1 aliphatic carbocycles. The van der Waals surface area contributed by atoms with Crippen LogP contribution in [0.5, 0.6) is 0 Å². The summed E-state index contributed by atoms with van der Waals surface area (Å²) in [6.45, 7) is 3.89. The maximum Gasteiger partial charge on any atom is 0.166 e. The molecule has 1 saturated carbocycles. The molecule has 148 valence electrons. The molecule has 0 saturated heterocycles. The molecule has 28 heavy (non-hydrogen) atoms. The number of hydrogen-bond acceptors (Lipinski definition) is 0. The predicted molar refractivity (Wildman–Crippen MR) is 113 cm³/mol. The second-order valence-corrected chi connectivity index (χ2v) is 8.00. The van der Waals surface area contributed by atoms with Gasteiger partial charge in [-0.15, -0.1) is 11.8 Å². The topological polar surface area (TPSA) is 0 Å². The van der Waals surface area contributed by atoms with E-state index in [2.05, 4.69) is 24.0 Å². The van der Waals surface area contributed by atoms with Gasteiger partial charge in [-0.3, -0.25) is 0 Å². The van der Waals surface area contributed by atoms with Crippen LogP contribution in [0.25, 0.3) is 11.1 Å². The fourth-order valence-electron chi connectivity index (χ4n) is 4.30. The Balaban J connectivity index is 1.60. The van der Waals surface area contributed by atoms with E-state index in [0.717, 1.165) is 24.3 Å². The first-order valence-electron chi connectivity index (χ1n) is 10.6. The smallest absolute Gasteiger partial charge is 0.166 e. The van der Waals surface area contributed by atoms with Gasteiger partial charge in [0.05, 0.1) is 0 Å². The summed E-state index contributed by atoms with van der Waals surface area (Å²) in [7, 11) is 0. The zero-order valence-electron chi connectivity index (χ0n) is 17.0. The third kappa shape index (κ3) is 5.02. The molecular formula is C26H30F2. The van der Waals surface area contributed by atoms with Crippen LogP contribution in [-0.2, 0) is 12.8 Å². The van der Waals surface area contributed by atoms with Crippen molar-refractivity contribution >= 4 is 0 Å². The van der Waals surface area contributed by atoms with Gasteiger partial charge in [-0.05, 0) is 74.5 Å². The first-order valence-corrected chi connectivity index (χ1v) is 10.6. The van der Waals surface area contributed by atoms with E-state index in [0.29, 0.717) is 23.5 Å². The number of rotatable bonds is 6. The van der Waals surface area contributed by atoms with Crippen LogP contribution in [0.15, 0.2) is 36.4 Å². The molecule has 0 unspecified atom stereocenters. The number of hydrogen-bond donors (Lipinski definition) is 0. The van der Waals surface area contributed by atoms with Gasteiger partial charge >= 0.3 is 0 Å². The monoisotopic (exact) mass is 380 g/mol. The predicted octanol–water partition coefficient (Wildman–Crippen LogP) is 7.35. The zero-order valence-corrected chi connectivity index (χ0v) is 17.0. The highest BCUT2D eigenvalue weighted by Crippen LogP contribution is 2.32. The molecule has 0 spiro atoms. The third-order valence-electron chi connectivity index (χ3n) is 5.98. The van der Waals surface area contributed by atoms with Crippen molar-refractivity contribution < 1.29 is 8.78 Å². The first-order chi connectivity index (χ1) is 13.6. The highest BCUT2D eigenvalue weighted by molar-refractivity contribution is 5.65. The molecule has 0 atom stereocenters. The van der Waals surface area contributed by atoms with E-state index in [1.807, 2.05) is 26.0 Å². The largest absolute Gasteiger partial charge is 0.203 e. The van der Waals surface area contributed by atoms with Gasteiger partial charge in [0.1, 0.15) is 0 Å². The summed E-state index contributed by atoms with van der Waals surface area (Å²) in [5, 5.41) is 0. The van der Waals surface area contributed by atoms with E-state index >= 15 is 0 Å². The Hall–Kier alpha value is -2.14. The number of halogens is 2. The van der Waals surface area contributed by atoms with Crippen LogP contribution in [0.4, 0.5) is 8.78 Å². The van der Waals surface area contributed by atoms with Crippen LogP contribution in [0.1, 0.15) is 63.5 Å². The van der Waals surface area contributed by atoms with E-state index in [9.17, 15) is 8.78 Å². The lowest BCUT2D eigenvalue weighted by Gasteiger charge is -2.25. The fourth-order valence-corrected chi connectivity index (χ4v) is 4.30. The molecule has 2 heteroatoms. The van der Waals surface area contributed by atoms with Crippen molar-refractivity contribution in [2.75, 3.05) is 0 Å². The molecule has 0 aromatic heterocycles. The molecule has 0 aliphatic heterocycles. The molecule has 2 aromatic carbocycles. The van der Waals surface area contributed by atoms with E-state index in [4.69, 9.17) is 0 Å². The summed E-state index contributed by atoms with van der Waals surface area (Å²) in [5.41, 5.74) is 2.81. The fraction of sp³-hybridized carbons (Fsp3) is 0.462. The van der Waals surface area contributed by atoms with Gasteiger partial charge < -0.3 is 0 Å². The molecule has 1 aliphatic rings. The van der Waals surface area contributed by atoms with Crippen molar-refractivity contribution in [3.05, 3.63) is 59.2 Å². The Bertz CT molecular complexity index is 831. The van der Waals surface area contributed by atoms with Crippen LogP contribution in [-0.4, -0.2) is 0 Å². The molecule has 0 radical (unpaired) electrons. The van der Waals surface area contributed by atoms with E-state index in [-0.39, 0.29) is 0 Å². The summed E-state index contributed by atoms with van der Waals surface area (Å²) in [4.78, 5) is 0. The van der Waals surface area contributed by atoms with E-state index < -0.39 is 11.6 Å². The van der Waals surface area contributed by atoms with Gasteiger partial charge in [-0.25, -0.2) is 8.78 Å². The van der Waals surface area contributed by atoms with Crippen molar-refractivity contribution in [1.29, 1.82) is 0 Å². The average molecular weight is 381 g/mol. The lowest BCUT2D eigenvalue weighted by Crippen LogP contribution is -2.14. The Kier molecular flexibility index (Phi) is 7.26. The molecule has 0 N–H and O–H groups in total. The minimum absolute atomic E-state index is 0.347. The quantitative estimate of drug-likeness (QED) is 0.460.